The van der Waals surface area contributed by atoms with Gasteiger partial charge in [0.2, 0.25) is 5.69 Å². The highest BCUT2D eigenvalue weighted by Crippen LogP contribution is 2.46. The summed E-state index contributed by atoms with van der Waals surface area (Å²) >= 11 is 0. The summed E-state index contributed by atoms with van der Waals surface area (Å²) in [6.07, 6.45) is 12.1. The zero-order valence-electron chi connectivity index (χ0n) is 25.2. The lowest BCUT2D eigenvalue weighted by Crippen LogP contribution is -2.32. The van der Waals surface area contributed by atoms with Crippen LogP contribution < -0.4 is 4.57 Å². The highest BCUT2D eigenvalue weighted by atomic mass is 19.1. The molecule has 3 heteroatoms. The van der Waals surface area contributed by atoms with Gasteiger partial charge in [0.05, 0.1) is 11.1 Å². The van der Waals surface area contributed by atoms with Crippen LogP contribution in [0.5, 0.6) is 0 Å². The van der Waals surface area contributed by atoms with Gasteiger partial charge in [0, 0.05) is 22.4 Å². The van der Waals surface area contributed by atoms with Crippen LogP contribution in [0.4, 0.5) is 4.39 Å². The van der Waals surface area contributed by atoms with E-state index in [-0.39, 0.29) is 5.82 Å². The molecule has 0 aliphatic heterocycles. The Bertz CT molecular complexity index is 1820. The minimum Gasteiger partial charge on any atom is -0.454 e. The number of fused-ring (bicyclic) bond motifs is 4. The van der Waals surface area contributed by atoms with E-state index < -0.39 is 0 Å². The Hall–Kier alpha value is -3.46. The SMILES string of the molecule is Cc1cc(-c2c(C)ccc3c2oc2c(-c4ccc(C5CCCCC5)c5c4CCC5)c(F)ccc23)[n+](C)cc1C(C)C. The van der Waals surface area contributed by atoms with Gasteiger partial charge in [-0.15, -0.1) is 0 Å². The van der Waals surface area contributed by atoms with Crippen LogP contribution in [0.15, 0.2) is 53.1 Å². The van der Waals surface area contributed by atoms with Crippen molar-refractivity contribution in [2.24, 2.45) is 7.05 Å². The number of hydrogen-bond acceptors (Lipinski definition) is 1. The Kier molecular flexibility index (Phi) is 6.52. The van der Waals surface area contributed by atoms with Crippen molar-refractivity contribution in [3.05, 3.63) is 87.9 Å². The number of rotatable bonds is 4. The van der Waals surface area contributed by atoms with Gasteiger partial charge in [-0.1, -0.05) is 57.4 Å². The molecular weight excluding hydrogens is 505 g/mol. The van der Waals surface area contributed by atoms with Gasteiger partial charge in [0.25, 0.3) is 0 Å². The first-order valence-corrected chi connectivity index (χ1v) is 15.6. The van der Waals surface area contributed by atoms with E-state index in [4.69, 9.17) is 4.42 Å². The number of halogens is 1. The normalized spacial score (nSPS) is 15.9. The van der Waals surface area contributed by atoms with E-state index in [9.17, 15) is 0 Å². The minimum absolute atomic E-state index is 0.197. The van der Waals surface area contributed by atoms with E-state index in [1.54, 1.807) is 6.07 Å². The van der Waals surface area contributed by atoms with Crippen LogP contribution >= 0.6 is 0 Å². The molecule has 0 radical (unpaired) electrons. The molecule has 5 aromatic rings. The summed E-state index contributed by atoms with van der Waals surface area (Å²) in [5.41, 5.74) is 13.5. The summed E-state index contributed by atoms with van der Waals surface area (Å²) in [4.78, 5) is 0. The fourth-order valence-corrected chi connectivity index (χ4v) is 7.93. The maximum Gasteiger partial charge on any atom is 0.216 e. The molecule has 3 aromatic carbocycles. The summed E-state index contributed by atoms with van der Waals surface area (Å²) in [6, 6.07) is 14.7. The zero-order valence-corrected chi connectivity index (χ0v) is 25.2. The maximum atomic E-state index is 15.9. The molecule has 0 bridgehead atoms. The molecule has 2 heterocycles. The third-order valence-electron chi connectivity index (χ3n) is 10.0. The Morgan fingerprint density at radius 1 is 0.805 bits per heavy atom. The van der Waals surface area contributed by atoms with E-state index in [1.807, 2.05) is 6.07 Å². The molecule has 0 unspecified atom stereocenters. The summed E-state index contributed by atoms with van der Waals surface area (Å²) < 4.78 is 25.0. The van der Waals surface area contributed by atoms with Gasteiger partial charge in [-0.3, -0.25) is 0 Å². The molecular formula is C38H41FNO+. The first-order valence-electron chi connectivity index (χ1n) is 15.6. The predicted molar refractivity (Wildman–Crippen MR) is 167 cm³/mol. The van der Waals surface area contributed by atoms with Crippen LogP contribution in [0.1, 0.15) is 97.6 Å². The Labute approximate surface area is 243 Å². The quantitative estimate of drug-likeness (QED) is 0.205. The molecule has 0 N–H and O–H groups in total. The largest absolute Gasteiger partial charge is 0.454 e. The maximum absolute atomic E-state index is 15.9. The third kappa shape index (κ3) is 4.23. The van der Waals surface area contributed by atoms with Crippen molar-refractivity contribution in [2.45, 2.75) is 90.9 Å². The molecule has 2 aromatic heterocycles. The molecule has 0 atom stereocenters. The molecule has 2 aliphatic rings. The summed E-state index contributed by atoms with van der Waals surface area (Å²) in [7, 11) is 2.11. The van der Waals surface area contributed by atoms with Crippen LogP contribution in [-0.2, 0) is 19.9 Å². The molecule has 1 fully saturated rings. The minimum atomic E-state index is -0.197. The van der Waals surface area contributed by atoms with Gasteiger partial charge >= 0.3 is 0 Å². The topological polar surface area (TPSA) is 17.0 Å². The van der Waals surface area contributed by atoms with Gasteiger partial charge in [0.1, 0.15) is 24.0 Å². The number of furan rings is 1. The average molecular weight is 547 g/mol. The second kappa shape index (κ2) is 10.1. The number of pyridine rings is 1. The highest BCUT2D eigenvalue weighted by Gasteiger charge is 2.29. The van der Waals surface area contributed by atoms with Gasteiger partial charge in [-0.05, 0) is 103 Å². The fourth-order valence-electron chi connectivity index (χ4n) is 7.93. The first kappa shape index (κ1) is 26.4. The first-order chi connectivity index (χ1) is 19.8. The predicted octanol–water partition coefficient (Wildman–Crippen LogP) is 10.2. The van der Waals surface area contributed by atoms with E-state index >= 15 is 4.39 Å². The van der Waals surface area contributed by atoms with E-state index in [0.29, 0.717) is 23.0 Å². The van der Waals surface area contributed by atoms with Crippen molar-refractivity contribution in [1.82, 2.24) is 0 Å². The molecule has 0 saturated heterocycles. The summed E-state index contributed by atoms with van der Waals surface area (Å²) in [6.45, 7) is 8.81. The fraction of sp³-hybridized carbons (Fsp3) is 0.395. The molecule has 0 spiro atoms. The van der Waals surface area contributed by atoms with Crippen LogP contribution in [0.2, 0.25) is 0 Å². The lowest BCUT2D eigenvalue weighted by molar-refractivity contribution is -0.660. The molecule has 2 aliphatic carbocycles. The lowest BCUT2D eigenvalue weighted by Gasteiger charge is -2.25. The van der Waals surface area contributed by atoms with Crippen LogP contribution in [0.3, 0.4) is 0 Å². The number of aromatic nitrogens is 1. The van der Waals surface area contributed by atoms with Gasteiger partial charge in [-0.25, -0.2) is 8.96 Å². The van der Waals surface area contributed by atoms with E-state index in [1.165, 1.54) is 59.9 Å². The number of aryl methyl sites for hydroxylation is 3. The van der Waals surface area contributed by atoms with Gasteiger partial charge < -0.3 is 4.42 Å². The molecule has 1 saturated carbocycles. The van der Waals surface area contributed by atoms with Crippen LogP contribution in [-0.4, -0.2) is 0 Å². The second-order valence-electron chi connectivity index (χ2n) is 12.9. The summed E-state index contributed by atoms with van der Waals surface area (Å²) in [5, 5.41) is 2.03. The van der Waals surface area contributed by atoms with Crippen LogP contribution in [0, 0.1) is 19.7 Å². The van der Waals surface area contributed by atoms with Crippen molar-refractivity contribution in [3.63, 3.8) is 0 Å². The Morgan fingerprint density at radius 3 is 2.27 bits per heavy atom. The van der Waals surface area contributed by atoms with Crippen molar-refractivity contribution in [1.29, 1.82) is 0 Å². The molecule has 7 rings (SSSR count). The smallest absolute Gasteiger partial charge is 0.216 e. The Morgan fingerprint density at radius 2 is 1.51 bits per heavy atom. The number of nitrogens with zero attached hydrogens (tertiary/aromatic N) is 1. The Balaban J connectivity index is 1.45. The molecule has 0 amide bonds. The summed E-state index contributed by atoms with van der Waals surface area (Å²) in [5.74, 6) is 0.917. The zero-order chi connectivity index (χ0) is 28.4. The second-order valence-corrected chi connectivity index (χ2v) is 12.9. The third-order valence-corrected chi connectivity index (χ3v) is 10.0. The van der Waals surface area contributed by atoms with Crippen molar-refractivity contribution in [3.8, 4) is 22.4 Å². The van der Waals surface area contributed by atoms with Gasteiger partial charge in [0.15, 0.2) is 6.20 Å². The molecule has 41 heavy (non-hydrogen) atoms. The van der Waals surface area contributed by atoms with Crippen molar-refractivity contribution >= 4 is 21.9 Å². The van der Waals surface area contributed by atoms with Crippen LogP contribution in [0.25, 0.3) is 44.3 Å². The van der Waals surface area contributed by atoms with Crippen molar-refractivity contribution < 1.29 is 13.4 Å². The number of hydrogen-bond donors (Lipinski definition) is 0. The van der Waals surface area contributed by atoms with E-state index in [0.717, 1.165) is 58.0 Å². The standard InChI is InChI=1S/C38H41FNO/c1-22(2)32-21-40(5)34(20-24(32)4)35-23(3)14-15-30-31-18-19-33(39)36(38(31)41-37(30)35)29-17-16-26(25-10-7-6-8-11-25)27-12-9-13-28(27)29/h14-22,25H,6-13H2,1-5H3/q+1. The number of benzene rings is 3. The van der Waals surface area contributed by atoms with Gasteiger partial charge in [-0.2, -0.15) is 0 Å². The molecule has 210 valence electrons. The highest BCUT2D eigenvalue weighted by molar-refractivity contribution is 6.13. The van der Waals surface area contributed by atoms with E-state index in [2.05, 4.69) is 75.8 Å². The monoisotopic (exact) mass is 546 g/mol. The molecule has 2 nitrogen and oxygen atoms in total. The van der Waals surface area contributed by atoms with Crippen molar-refractivity contribution in [2.75, 3.05) is 0 Å². The average Bonchev–Trinajstić information content (AvgIpc) is 3.60. The lowest BCUT2D eigenvalue weighted by atomic mass is 9.80.